The molecule has 0 aliphatic heterocycles. The van der Waals surface area contributed by atoms with E-state index in [-0.39, 0.29) is 0 Å². The van der Waals surface area contributed by atoms with Gasteiger partial charge in [-0.2, -0.15) is 5.10 Å². The number of hydrogen-bond acceptors (Lipinski definition) is 4. The molecule has 0 aromatic carbocycles. The highest BCUT2D eigenvalue weighted by atomic mass is 35.5. The first-order valence-electron chi connectivity index (χ1n) is 4.54. The molecule has 16 heavy (non-hydrogen) atoms. The fourth-order valence-electron chi connectivity index (χ4n) is 1.34. The number of halogens is 1. The van der Waals surface area contributed by atoms with Crippen LogP contribution in [0.15, 0.2) is 29.0 Å². The molecule has 80 valence electrons. The standard InChI is InChI=1S/C10H6ClN3S2/c11-6-3-5-16-8(6)10-12-9(13-14-10)7-2-1-4-15-7/h1-5H,(H,12,13,14). The molecule has 0 saturated carbocycles. The highest BCUT2D eigenvalue weighted by molar-refractivity contribution is 7.14. The SMILES string of the molecule is Clc1ccsc1-c1nc(-c2cccs2)n[nH]1. The maximum absolute atomic E-state index is 6.03. The van der Waals surface area contributed by atoms with E-state index in [1.807, 2.05) is 29.0 Å². The monoisotopic (exact) mass is 267 g/mol. The van der Waals surface area contributed by atoms with Gasteiger partial charge in [0, 0.05) is 0 Å². The average Bonchev–Trinajstić information content (AvgIpc) is 2.96. The third-order valence-electron chi connectivity index (χ3n) is 2.06. The van der Waals surface area contributed by atoms with Gasteiger partial charge in [-0.15, -0.1) is 22.7 Å². The van der Waals surface area contributed by atoms with Gasteiger partial charge < -0.3 is 0 Å². The third kappa shape index (κ3) is 1.67. The summed E-state index contributed by atoms with van der Waals surface area (Å²) in [5, 5.41) is 11.7. The van der Waals surface area contributed by atoms with Crippen LogP contribution < -0.4 is 0 Å². The largest absolute Gasteiger partial charge is 0.258 e. The summed E-state index contributed by atoms with van der Waals surface area (Å²) in [5.74, 6) is 1.44. The summed E-state index contributed by atoms with van der Waals surface area (Å²) in [7, 11) is 0. The minimum absolute atomic E-state index is 0.707. The predicted molar refractivity (Wildman–Crippen MR) is 68.0 cm³/mol. The van der Waals surface area contributed by atoms with Crippen LogP contribution in [0.4, 0.5) is 0 Å². The second-order valence-electron chi connectivity index (χ2n) is 3.08. The van der Waals surface area contributed by atoms with Crippen LogP contribution in [-0.2, 0) is 0 Å². The quantitative estimate of drug-likeness (QED) is 0.765. The molecule has 0 fully saturated rings. The van der Waals surface area contributed by atoms with Crippen LogP contribution >= 0.6 is 34.3 Å². The molecule has 6 heteroatoms. The van der Waals surface area contributed by atoms with Gasteiger partial charge in [-0.25, -0.2) is 4.98 Å². The average molecular weight is 268 g/mol. The summed E-state index contributed by atoms with van der Waals surface area (Å²) in [4.78, 5) is 6.40. The van der Waals surface area contributed by atoms with Gasteiger partial charge in [-0.3, -0.25) is 5.10 Å². The van der Waals surface area contributed by atoms with Gasteiger partial charge in [-0.1, -0.05) is 17.7 Å². The summed E-state index contributed by atoms with van der Waals surface area (Å²) in [6.45, 7) is 0. The maximum atomic E-state index is 6.03. The number of aromatic nitrogens is 3. The maximum Gasteiger partial charge on any atom is 0.191 e. The van der Waals surface area contributed by atoms with E-state index < -0.39 is 0 Å². The molecule has 1 N–H and O–H groups in total. The fraction of sp³-hybridized carbons (Fsp3) is 0. The Bertz CT molecular complexity index is 597. The minimum Gasteiger partial charge on any atom is -0.258 e. The van der Waals surface area contributed by atoms with Crippen molar-refractivity contribution < 1.29 is 0 Å². The van der Waals surface area contributed by atoms with Gasteiger partial charge in [0.25, 0.3) is 0 Å². The Hall–Kier alpha value is -1.17. The molecule has 3 aromatic heterocycles. The number of nitrogens with zero attached hydrogens (tertiary/aromatic N) is 2. The lowest BCUT2D eigenvalue weighted by Crippen LogP contribution is -1.76. The lowest BCUT2D eigenvalue weighted by Gasteiger charge is -1.89. The number of aromatic amines is 1. The molecule has 3 rings (SSSR count). The number of H-pyrrole nitrogens is 1. The highest BCUT2D eigenvalue weighted by Crippen LogP contribution is 2.32. The Labute approximate surface area is 105 Å². The first-order valence-corrected chi connectivity index (χ1v) is 6.68. The van der Waals surface area contributed by atoms with Crippen LogP contribution in [0.1, 0.15) is 0 Å². The molecule has 0 aliphatic carbocycles. The van der Waals surface area contributed by atoms with Gasteiger partial charge in [0.15, 0.2) is 11.6 Å². The van der Waals surface area contributed by atoms with Crippen molar-refractivity contribution >= 4 is 34.3 Å². The van der Waals surface area contributed by atoms with Crippen molar-refractivity contribution in [1.29, 1.82) is 0 Å². The third-order valence-corrected chi connectivity index (χ3v) is 4.27. The van der Waals surface area contributed by atoms with Gasteiger partial charge in [0.1, 0.15) is 0 Å². The van der Waals surface area contributed by atoms with E-state index in [1.165, 1.54) is 0 Å². The normalized spacial score (nSPS) is 10.8. The van der Waals surface area contributed by atoms with Crippen molar-refractivity contribution in [3.05, 3.63) is 34.0 Å². The van der Waals surface area contributed by atoms with Crippen molar-refractivity contribution in [1.82, 2.24) is 15.2 Å². The number of hydrogen-bond donors (Lipinski definition) is 1. The molecule has 0 spiro atoms. The van der Waals surface area contributed by atoms with Crippen molar-refractivity contribution in [2.75, 3.05) is 0 Å². The molecule has 0 saturated heterocycles. The molecule has 0 bridgehead atoms. The topological polar surface area (TPSA) is 41.6 Å². The van der Waals surface area contributed by atoms with Crippen molar-refractivity contribution in [3.63, 3.8) is 0 Å². The van der Waals surface area contributed by atoms with E-state index in [1.54, 1.807) is 22.7 Å². The van der Waals surface area contributed by atoms with E-state index in [0.29, 0.717) is 5.02 Å². The Kier molecular flexibility index (Phi) is 2.51. The number of nitrogens with one attached hydrogen (secondary N) is 1. The summed E-state index contributed by atoms with van der Waals surface area (Å²) in [6, 6.07) is 5.83. The zero-order chi connectivity index (χ0) is 11.0. The number of thiophene rings is 2. The molecule has 3 aromatic rings. The van der Waals surface area contributed by atoms with E-state index in [0.717, 1.165) is 21.4 Å². The Morgan fingerprint density at radius 1 is 1.19 bits per heavy atom. The molecular formula is C10H6ClN3S2. The van der Waals surface area contributed by atoms with Gasteiger partial charge in [0.2, 0.25) is 0 Å². The first-order chi connectivity index (χ1) is 7.84. The highest BCUT2D eigenvalue weighted by Gasteiger charge is 2.11. The Morgan fingerprint density at radius 2 is 2.12 bits per heavy atom. The second-order valence-corrected chi connectivity index (χ2v) is 5.35. The predicted octanol–water partition coefficient (Wildman–Crippen LogP) is 3.92. The molecule has 0 radical (unpaired) electrons. The summed E-state index contributed by atoms with van der Waals surface area (Å²) < 4.78 is 0. The molecular weight excluding hydrogens is 262 g/mol. The molecule has 0 aliphatic rings. The lowest BCUT2D eigenvalue weighted by molar-refractivity contribution is 1.11. The van der Waals surface area contributed by atoms with Crippen LogP contribution in [0.2, 0.25) is 5.02 Å². The lowest BCUT2D eigenvalue weighted by atomic mass is 10.4. The number of rotatable bonds is 2. The van der Waals surface area contributed by atoms with Crippen LogP contribution in [-0.4, -0.2) is 15.2 Å². The van der Waals surface area contributed by atoms with Crippen molar-refractivity contribution in [2.24, 2.45) is 0 Å². The van der Waals surface area contributed by atoms with E-state index in [4.69, 9.17) is 11.6 Å². The summed E-state index contributed by atoms with van der Waals surface area (Å²) in [6.07, 6.45) is 0. The Morgan fingerprint density at radius 3 is 2.81 bits per heavy atom. The molecule has 0 unspecified atom stereocenters. The van der Waals surface area contributed by atoms with Crippen LogP contribution in [0, 0.1) is 0 Å². The van der Waals surface area contributed by atoms with Crippen LogP contribution in [0.5, 0.6) is 0 Å². The minimum atomic E-state index is 0.707. The Balaban J connectivity index is 2.03. The van der Waals surface area contributed by atoms with E-state index >= 15 is 0 Å². The van der Waals surface area contributed by atoms with Crippen LogP contribution in [0.25, 0.3) is 21.4 Å². The fourth-order valence-corrected chi connectivity index (χ4v) is 3.08. The summed E-state index contributed by atoms with van der Waals surface area (Å²) >= 11 is 9.20. The van der Waals surface area contributed by atoms with E-state index in [2.05, 4.69) is 15.2 Å². The molecule has 0 atom stereocenters. The molecule has 0 amide bonds. The van der Waals surface area contributed by atoms with Crippen molar-refractivity contribution in [2.45, 2.75) is 0 Å². The zero-order valence-corrected chi connectivity index (χ0v) is 10.4. The zero-order valence-electron chi connectivity index (χ0n) is 7.98. The van der Waals surface area contributed by atoms with Crippen LogP contribution in [0.3, 0.4) is 0 Å². The second kappa shape index (κ2) is 4.01. The van der Waals surface area contributed by atoms with Gasteiger partial charge in [0.05, 0.1) is 14.8 Å². The van der Waals surface area contributed by atoms with Gasteiger partial charge in [-0.05, 0) is 22.9 Å². The smallest absolute Gasteiger partial charge is 0.191 e. The van der Waals surface area contributed by atoms with Crippen molar-refractivity contribution in [3.8, 4) is 21.4 Å². The van der Waals surface area contributed by atoms with Gasteiger partial charge >= 0.3 is 0 Å². The molecule has 3 nitrogen and oxygen atoms in total. The summed E-state index contributed by atoms with van der Waals surface area (Å²) in [5.41, 5.74) is 0. The van der Waals surface area contributed by atoms with E-state index in [9.17, 15) is 0 Å². The molecule has 3 heterocycles. The first kappa shape index (κ1) is 10.0.